The number of nitrogens with zero attached hydrogens (tertiary/aromatic N) is 1. The summed E-state index contributed by atoms with van der Waals surface area (Å²) in [5.74, 6) is -0.131. The van der Waals surface area contributed by atoms with Gasteiger partial charge in [0.05, 0.1) is 13.2 Å². The molecule has 1 saturated heterocycles. The molecule has 0 amide bonds. The lowest BCUT2D eigenvalue weighted by Gasteiger charge is -2.35. The lowest BCUT2D eigenvalue weighted by molar-refractivity contribution is -0.145. The molecule has 19 heavy (non-hydrogen) atoms. The molecule has 4 nitrogen and oxygen atoms in total. The van der Waals surface area contributed by atoms with Gasteiger partial charge in [0.1, 0.15) is 6.04 Å². The van der Waals surface area contributed by atoms with E-state index in [0.717, 1.165) is 37.1 Å². The van der Waals surface area contributed by atoms with Gasteiger partial charge in [0.2, 0.25) is 0 Å². The molecule has 1 atom stereocenters. The van der Waals surface area contributed by atoms with Crippen LogP contribution in [0.15, 0.2) is 24.3 Å². The van der Waals surface area contributed by atoms with Crippen LogP contribution < -0.4 is 4.90 Å². The van der Waals surface area contributed by atoms with E-state index in [4.69, 9.17) is 9.84 Å². The normalized spacial score (nSPS) is 19.3. The van der Waals surface area contributed by atoms with Crippen LogP contribution in [0.2, 0.25) is 0 Å². The molecule has 1 aliphatic heterocycles. The number of carbonyl (C=O) groups is 1. The Bertz CT molecular complexity index is 416. The van der Waals surface area contributed by atoms with Gasteiger partial charge in [0, 0.05) is 12.2 Å². The molecule has 0 aromatic heterocycles. The van der Waals surface area contributed by atoms with E-state index in [9.17, 15) is 4.79 Å². The van der Waals surface area contributed by atoms with Crippen molar-refractivity contribution in [2.45, 2.75) is 38.8 Å². The van der Waals surface area contributed by atoms with Crippen molar-refractivity contribution in [1.82, 2.24) is 0 Å². The number of rotatable bonds is 4. The first-order valence-electron chi connectivity index (χ1n) is 6.89. The Morgan fingerprint density at radius 3 is 2.74 bits per heavy atom. The highest BCUT2D eigenvalue weighted by atomic mass is 16.5. The zero-order chi connectivity index (χ0) is 13.7. The van der Waals surface area contributed by atoms with Gasteiger partial charge in [-0.1, -0.05) is 12.1 Å². The molecule has 1 aliphatic rings. The summed E-state index contributed by atoms with van der Waals surface area (Å²) in [5.41, 5.74) is 1.91. The minimum absolute atomic E-state index is 0.0432. The Morgan fingerprint density at radius 2 is 2.11 bits per heavy atom. The second-order valence-electron chi connectivity index (χ2n) is 4.78. The van der Waals surface area contributed by atoms with Crippen molar-refractivity contribution in [2.75, 3.05) is 18.1 Å². The fourth-order valence-electron chi connectivity index (χ4n) is 2.52. The van der Waals surface area contributed by atoms with E-state index in [1.165, 1.54) is 0 Å². The number of ether oxygens (including phenoxy) is 1. The highest BCUT2D eigenvalue weighted by Crippen LogP contribution is 2.25. The van der Waals surface area contributed by atoms with Crippen LogP contribution in [0.1, 0.15) is 31.7 Å². The van der Waals surface area contributed by atoms with Crippen LogP contribution in [0.3, 0.4) is 0 Å². The van der Waals surface area contributed by atoms with E-state index >= 15 is 0 Å². The number of piperidine rings is 1. The predicted molar refractivity (Wildman–Crippen MR) is 74.0 cm³/mol. The number of aliphatic hydroxyl groups excluding tert-OH is 1. The number of anilines is 1. The summed E-state index contributed by atoms with van der Waals surface area (Å²) >= 11 is 0. The average molecular weight is 263 g/mol. The maximum absolute atomic E-state index is 12.0. The molecule has 2 rings (SSSR count). The summed E-state index contributed by atoms with van der Waals surface area (Å²) in [4.78, 5) is 14.1. The summed E-state index contributed by atoms with van der Waals surface area (Å²) in [6.07, 6.45) is 3.01. The molecule has 1 aromatic carbocycles. The van der Waals surface area contributed by atoms with Crippen molar-refractivity contribution in [2.24, 2.45) is 0 Å². The maximum atomic E-state index is 12.0. The third kappa shape index (κ3) is 3.26. The molecule has 0 unspecified atom stereocenters. The van der Waals surface area contributed by atoms with Crippen LogP contribution in [-0.2, 0) is 16.1 Å². The molecule has 0 radical (unpaired) electrons. The molecule has 0 aliphatic carbocycles. The summed E-state index contributed by atoms with van der Waals surface area (Å²) < 4.78 is 5.16. The fraction of sp³-hybridized carbons (Fsp3) is 0.533. The number of aliphatic hydroxyl groups is 1. The summed E-state index contributed by atoms with van der Waals surface area (Å²) in [6.45, 7) is 3.18. The van der Waals surface area contributed by atoms with Crippen molar-refractivity contribution >= 4 is 11.7 Å². The van der Waals surface area contributed by atoms with Gasteiger partial charge in [-0.25, -0.2) is 4.79 Å². The summed E-state index contributed by atoms with van der Waals surface area (Å²) in [5, 5.41) is 9.06. The van der Waals surface area contributed by atoms with Crippen LogP contribution >= 0.6 is 0 Å². The Morgan fingerprint density at radius 1 is 1.37 bits per heavy atom. The van der Waals surface area contributed by atoms with Gasteiger partial charge < -0.3 is 14.7 Å². The number of hydrogen-bond donors (Lipinski definition) is 1. The van der Waals surface area contributed by atoms with Crippen molar-refractivity contribution in [3.05, 3.63) is 29.8 Å². The molecule has 0 bridgehead atoms. The van der Waals surface area contributed by atoms with Gasteiger partial charge in [-0.3, -0.25) is 0 Å². The van der Waals surface area contributed by atoms with Gasteiger partial charge in [0.15, 0.2) is 0 Å². The fourth-order valence-corrected chi connectivity index (χ4v) is 2.52. The molecule has 0 spiro atoms. The summed E-state index contributed by atoms with van der Waals surface area (Å²) in [7, 11) is 0. The Kier molecular flexibility index (Phi) is 4.80. The second kappa shape index (κ2) is 6.57. The highest BCUT2D eigenvalue weighted by molar-refractivity contribution is 5.80. The molecule has 4 heteroatoms. The zero-order valence-corrected chi connectivity index (χ0v) is 11.3. The molecular weight excluding hydrogens is 242 g/mol. The standard InChI is InChI=1S/C15H21NO3/c1-2-19-15(18)14-5-3-4-10-16(14)13-8-6-12(11-17)7-9-13/h6-9,14,17H,2-5,10-11H2,1H3/t14-/m1/s1. The summed E-state index contributed by atoms with van der Waals surface area (Å²) in [6, 6.07) is 7.54. The quantitative estimate of drug-likeness (QED) is 0.845. The van der Waals surface area contributed by atoms with Gasteiger partial charge in [0.25, 0.3) is 0 Å². The van der Waals surface area contributed by atoms with Gasteiger partial charge in [-0.05, 0) is 43.9 Å². The topological polar surface area (TPSA) is 49.8 Å². The number of esters is 1. The first kappa shape index (κ1) is 13.9. The first-order chi connectivity index (χ1) is 9.26. The molecule has 1 aromatic rings. The SMILES string of the molecule is CCOC(=O)[C@H]1CCCCN1c1ccc(CO)cc1. The smallest absolute Gasteiger partial charge is 0.328 e. The van der Waals surface area contributed by atoms with Crippen LogP contribution in [0.4, 0.5) is 5.69 Å². The molecule has 1 heterocycles. The van der Waals surface area contributed by atoms with Crippen LogP contribution in [0.25, 0.3) is 0 Å². The number of benzene rings is 1. The van der Waals surface area contributed by atoms with Crippen molar-refractivity contribution in [3.8, 4) is 0 Å². The Balaban J connectivity index is 2.15. The second-order valence-corrected chi connectivity index (χ2v) is 4.78. The minimum Gasteiger partial charge on any atom is -0.464 e. The van der Waals surface area contributed by atoms with Gasteiger partial charge in [-0.2, -0.15) is 0 Å². The molecule has 1 fully saturated rings. The predicted octanol–water partition coefficient (Wildman–Crippen LogP) is 2.10. The van der Waals surface area contributed by atoms with Crippen molar-refractivity contribution < 1.29 is 14.6 Å². The van der Waals surface area contributed by atoms with Crippen molar-refractivity contribution in [3.63, 3.8) is 0 Å². The average Bonchev–Trinajstić information content (AvgIpc) is 2.47. The van der Waals surface area contributed by atoms with Crippen LogP contribution in [0.5, 0.6) is 0 Å². The lowest BCUT2D eigenvalue weighted by Crippen LogP contribution is -2.45. The largest absolute Gasteiger partial charge is 0.464 e. The van der Waals surface area contributed by atoms with E-state index in [0.29, 0.717) is 6.61 Å². The Hall–Kier alpha value is -1.55. The third-order valence-electron chi connectivity index (χ3n) is 3.51. The van der Waals surface area contributed by atoms with E-state index in [2.05, 4.69) is 4.90 Å². The van der Waals surface area contributed by atoms with Gasteiger partial charge >= 0.3 is 5.97 Å². The maximum Gasteiger partial charge on any atom is 0.328 e. The van der Waals surface area contributed by atoms with Crippen molar-refractivity contribution in [1.29, 1.82) is 0 Å². The molecular formula is C15H21NO3. The zero-order valence-electron chi connectivity index (χ0n) is 11.3. The van der Waals surface area contributed by atoms with E-state index in [1.54, 1.807) is 0 Å². The molecule has 0 saturated carbocycles. The van der Waals surface area contributed by atoms with E-state index < -0.39 is 0 Å². The van der Waals surface area contributed by atoms with Crippen LogP contribution in [-0.4, -0.2) is 30.3 Å². The molecule has 104 valence electrons. The van der Waals surface area contributed by atoms with Crippen LogP contribution in [0, 0.1) is 0 Å². The first-order valence-corrected chi connectivity index (χ1v) is 6.89. The monoisotopic (exact) mass is 263 g/mol. The minimum atomic E-state index is -0.173. The molecule has 1 N–H and O–H groups in total. The Labute approximate surface area is 114 Å². The number of carbonyl (C=O) groups excluding carboxylic acids is 1. The number of hydrogen-bond acceptors (Lipinski definition) is 4. The lowest BCUT2D eigenvalue weighted by atomic mass is 10.0. The van der Waals surface area contributed by atoms with E-state index in [1.807, 2.05) is 31.2 Å². The third-order valence-corrected chi connectivity index (χ3v) is 3.51. The van der Waals surface area contributed by atoms with Gasteiger partial charge in [-0.15, -0.1) is 0 Å². The van der Waals surface area contributed by atoms with E-state index in [-0.39, 0.29) is 18.6 Å². The highest BCUT2D eigenvalue weighted by Gasteiger charge is 2.29.